The third kappa shape index (κ3) is 2.88. The van der Waals surface area contributed by atoms with Gasteiger partial charge in [-0.2, -0.15) is 0 Å². The lowest BCUT2D eigenvalue weighted by Gasteiger charge is -2.25. The van der Waals surface area contributed by atoms with Crippen molar-refractivity contribution in [3.8, 4) is 0 Å². The van der Waals surface area contributed by atoms with Crippen molar-refractivity contribution in [2.24, 2.45) is 0 Å². The topological polar surface area (TPSA) is 24.1 Å². The molecule has 2 N–H and O–H groups in total. The maximum absolute atomic E-state index is 5.29. The van der Waals surface area contributed by atoms with Gasteiger partial charge in [-0.3, -0.25) is 0 Å². The zero-order valence-electron chi connectivity index (χ0n) is 9.89. The van der Waals surface area contributed by atoms with E-state index in [4.69, 9.17) is 12.2 Å². The standard InChI is InChI=1S/C14H11BrN2S2/c15-10-5-3-9(4-6-10)11-8-12(17-14(18)16-11)13-2-1-7-19-13/h1-8,12H,(H2,16,17,18). The molecular formula is C14H11BrN2S2. The molecule has 1 aliphatic rings. The van der Waals surface area contributed by atoms with E-state index in [1.807, 2.05) is 12.1 Å². The smallest absolute Gasteiger partial charge is 0.171 e. The average Bonchev–Trinajstić information content (AvgIpc) is 2.93. The molecule has 0 amide bonds. The molecule has 3 rings (SSSR count). The first-order chi connectivity index (χ1) is 9.22. The van der Waals surface area contributed by atoms with Gasteiger partial charge in [0.05, 0.1) is 6.04 Å². The second-order valence-electron chi connectivity index (χ2n) is 4.18. The van der Waals surface area contributed by atoms with Crippen LogP contribution < -0.4 is 10.6 Å². The van der Waals surface area contributed by atoms with Gasteiger partial charge in [0.15, 0.2) is 5.11 Å². The average molecular weight is 351 g/mol. The van der Waals surface area contributed by atoms with Crippen LogP contribution in [0.1, 0.15) is 16.5 Å². The summed E-state index contributed by atoms with van der Waals surface area (Å²) in [4.78, 5) is 1.26. The van der Waals surface area contributed by atoms with Crippen molar-refractivity contribution in [3.05, 3.63) is 62.8 Å². The van der Waals surface area contributed by atoms with Gasteiger partial charge >= 0.3 is 0 Å². The minimum absolute atomic E-state index is 0.146. The molecule has 0 bridgehead atoms. The number of benzene rings is 1. The summed E-state index contributed by atoms with van der Waals surface area (Å²) in [6.45, 7) is 0. The van der Waals surface area contributed by atoms with Gasteiger partial charge in [0.25, 0.3) is 0 Å². The highest BCUT2D eigenvalue weighted by Crippen LogP contribution is 2.26. The predicted molar refractivity (Wildman–Crippen MR) is 88.0 cm³/mol. The van der Waals surface area contributed by atoms with Crippen molar-refractivity contribution < 1.29 is 0 Å². The molecule has 1 atom stereocenters. The molecule has 1 unspecified atom stereocenters. The van der Waals surface area contributed by atoms with Gasteiger partial charge in [-0.15, -0.1) is 11.3 Å². The molecule has 5 heteroatoms. The fourth-order valence-electron chi connectivity index (χ4n) is 1.97. The van der Waals surface area contributed by atoms with Gasteiger partial charge in [-0.25, -0.2) is 0 Å². The van der Waals surface area contributed by atoms with Crippen molar-refractivity contribution >= 4 is 50.3 Å². The number of rotatable bonds is 2. The van der Waals surface area contributed by atoms with Crippen LogP contribution in [0.15, 0.2) is 52.3 Å². The van der Waals surface area contributed by atoms with E-state index in [2.05, 4.69) is 62.3 Å². The minimum Gasteiger partial charge on any atom is -0.351 e. The van der Waals surface area contributed by atoms with E-state index in [1.54, 1.807) is 11.3 Å². The lowest BCUT2D eigenvalue weighted by molar-refractivity contribution is 0.780. The number of thiophene rings is 1. The van der Waals surface area contributed by atoms with Crippen LogP contribution in [0, 0.1) is 0 Å². The molecular weight excluding hydrogens is 340 g/mol. The van der Waals surface area contributed by atoms with Crippen LogP contribution in [-0.4, -0.2) is 5.11 Å². The second-order valence-corrected chi connectivity index (χ2v) is 6.48. The summed E-state index contributed by atoms with van der Waals surface area (Å²) in [6.07, 6.45) is 2.17. The number of hydrogen-bond donors (Lipinski definition) is 2. The van der Waals surface area contributed by atoms with Gasteiger partial charge in [0.1, 0.15) is 0 Å². The van der Waals surface area contributed by atoms with E-state index in [-0.39, 0.29) is 6.04 Å². The Morgan fingerprint density at radius 3 is 2.63 bits per heavy atom. The van der Waals surface area contributed by atoms with Gasteiger partial charge in [0, 0.05) is 15.0 Å². The molecule has 0 radical (unpaired) electrons. The Hall–Kier alpha value is -1.17. The van der Waals surface area contributed by atoms with Crippen LogP contribution in [0.3, 0.4) is 0 Å². The quantitative estimate of drug-likeness (QED) is 0.798. The molecule has 0 fully saturated rings. The molecule has 1 aliphatic heterocycles. The van der Waals surface area contributed by atoms with E-state index in [1.165, 1.54) is 4.88 Å². The van der Waals surface area contributed by atoms with Crippen molar-refractivity contribution in [3.63, 3.8) is 0 Å². The molecule has 0 aliphatic carbocycles. The maximum Gasteiger partial charge on any atom is 0.171 e. The lowest BCUT2D eigenvalue weighted by Crippen LogP contribution is -2.40. The first-order valence-electron chi connectivity index (χ1n) is 5.81. The summed E-state index contributed by atoms with van der Waals surface area (Å²) in [5.74, 6) is 0. The summed E-state index contributed by atoms with van der Waals surface area (Å²) >= 11 is 10.5. The lowest BCUT2D eigenvalue weighted by atomic mass is 10.1. The molecule has 2 aromatic rings. The molecule has 0 spiro atoms. The van der Waals surface area contributed by atoms with E-state index in [0.717, 1.165) is 15.7 Å². The summed E-state index contributed by atoms with van der Waals surface area (Å²) in [6, 6.07) is 12.5. The van der Waals surface area contributed by atoms with Gasteiger partial charge in [-0.05, 0) is 47.4 Å². The largest absolute Gasteiger partial charge is 0.351 e. The highest BCUT2D eigenvalue weighted by molar-refractivity contribution is 9.10. The van der Waals surface area contributed by atoms with Crippen LogP contribution >= 0.6 is 39.5 Å². The molecule has 96 valence electrons. The summed E-state index contributed by atoms with van der Waals surface area (Å²) in [5, 5.41) is 9.23. The van der Waals surface area contributed by atoms with E-state index in [9.17, 15) is 0 Å². The third-order valence-electron chi connectivity index (χ3n) is 2.87. The minimum atomic E-state index is 0.146. The maximum atomic E-state index is 5.29. The Morgan fingerprint density at radius 1 is 1.16 bits per heavy atom. The monoisotopic (exact) mass is 350 g/mol. The van der Waals surface area contributed by atoms with Gasteiger partial charge < -0.3 is 10.6 Å². The Labute approximate surface area is 129 Å². The van der Waals surface area contributed by atoms with Crippen molar-refractivity contribution in [2.75, 3.05) is 0 Å². The Morgan fingerprint density at radius 2 is 1.95 bits per heavy atom. The Bertz CT molecular complexity index is 617. The SMILES string of the molecule is S=C1NC(c2ccc(Br)cc2)=CC(c2cccs2)N1. The normalized spacial score (nSPS) is 18.5. The fraction of sp³-hybridized carbons (Fsp3) is 0.0714. The first kappa shape index (κ1) is 12.8. The van der Waals surface area contributed by atoms with Crippen LogP contribution in [-0.2, 0) is 0 Å². The van der Waals surface area contributed by atoms with Gasteiger partial charge in [-0.1, -0.05) is 34.1 Å². The molecule has 0 saturated heterocycles. The van der Waals surface area contributed by atoms with E-state index < -0.39 is 0 Å². The fourth-order valence-corrected chi connectivity index (χ4v) is 3.22. The van der Waals surface area contributed by atoms with E-state index >= 15 is 0 Å². The number of nitrogens with one attached hydrogen (secondary N) is 2. The summed E-state index contributed by atoms with van der Waals surface area (Å²) < 4.78 is 1.07. The number of hydrogen-bond acceptors (Lipinski definition) is 2. The number of thiocarbonyl (C=S) groups is 1. The zero-order chi connectivity index (χ0) is 13.2. The van der Waals surface area contributed by atoms with Crippen LogP contribution in [0.4, 0.5) is 0 Å². The number of halogens is 1. The Kier molecular flexibility index (Phi) is 3.68. The second kappa shape index (κ2) is 5.45. The Balaban J connectivity index is 1.95. The van der Waals surface area contributed by atoms with Gasteiger partial charge in [0.2, 0.25) is 0 Å². The highest BCUT2D eigenvalue weighted by Gasteiger charge is 2.18. The molecule has 2 nitrogen and oxygen atoms in total. The summed E-state index contributed by atoms with van der Waals surface area (Å²) in [7, 11) is 0. The van der Waals surface area contributed by atoms with Crippen LogP contribution in [0.25, 0.3) is 5.70 Å². The highest BCUT2D eigenvalue weighted by atomic mass is 79.9. The molecule has 1 aromatic carbocycles. The molecule has 1 aromatic heterocycles. The predicted octanol–water partition coefficient (Wildman–Crippen LogP) is 4.07. The van der Waals surface area contributed by atoms with Crippen molar-refractivity contribution in [1.82, 2.24) is 10.6 Å². The van der Waals surface area contributed by atoms with E-state index in [0.29, 0.717) is 5.11 Å². The van der Waals surface area contributed by atoms with Crippen molar-refractivity contribution in [2.45, 2.75) is 6.04 Å². The summed E-state index contributed by atoms with van der Waals surface area (Å²) in [5.41, 5.74) is 2.18. The zero-order valence-corrected chi connectivity index (χ0v) is 13.1. The van der Waals surface area contributed by atoms with Crippen LogP contribution in [0.5, 0.6) is 0 Å². The third-order valence-corrected chi connectivity index (χ3v) is 4.58. The van der Waals surface area contributed by atoms with Crippen molar-refractivity contribution in [1.29, 1.82) is 0 Å². The van der Waals surface area contributed by atoms with Crippen LogP contribution in [0.2, 0.25) is 0 Å². The molecule has 0 saturated carbocycles. The molecule has 2 heterocycles. The molecule has 19 heavy (non-hydrogen) atoms. The first-order valence-corrected chi connectivity index (χ1v) is 7.89.